The van der Waals surface area contributed by atoms with Crippen molar-refractivity contribution in [2.75, 3.05) is 5.32 Å². The Hall–Kier alpha value is -2.14. The Balaban J connectivity index is 1.73. The minimum absolute atomic E-state index is 0.0930. The molecular weight excluding hydrogens is 314 g/mol. The van der Waals surface area contributed by atoms with Crippen molar-refractivity contribution in [3.05, 3.63) is 57.0 Å². The molecule has 23 heavy (non-hydrogen) atoms. The van der Waals surface area contributed by atoms with Gasteiger partial charge < -0.3 is 5.32 Å². The maximum Gasteiger partial charge on any atom is 0.267 e. The van der Waals surface area contributed by atoms with Crippen LogP contribution in [0.5, 0.6) is 0 Å². The van der Waals surface area contributed by atoms with Crippen LogP contribution in [0.4, 0.5) is 5.69 Å². The van der Waals surface area contributed by atoms with Crippen molar-refractivity contribution in [3.8, 4) is 0 Å². The molecule has 0 spiro atoms. The molecule has 1 aromatic carbocycles. The Morgan fingerprint density at radius 2 is 2.13 bits per heavy atom. The number of halogens is 1. The van der Waals surface area contributed by atoms with Gasteiger partial charge in [-0.2, -0.15) is 5.10 Å². The van der Waals surface area contributed by atoms with Gasteiger partial charge in [0.15, 0.2) is 0 Å². The minimum atomic E-state index is -0.286. The van der Waals surface area contributed by atoms with E-state index in [2.05, 4.69) is 17.3 Å². The van der Waals surface area contributed by atoms with Crippen LogP contribution in [-0.2, 0) is 24.2 Å². The van der Waals surface area contributed by atoms with Crippen LogP contribution in [0.3, 0.4) is 0 Å². The van der Waals surface area contributed by atoms with Gasteiger partial charge in [0, 0.05) is 16.8 Å². The van der Waals surface area contributed by atoms with E-state index in [1.807, 2.05) is 0 Å². The molecule has 6 heteroatoms. The first-order chi connectivity index (χ1) is 11.0. The predicted octanol–water partition coefficient (Wildman–Crippen LogP) is 2.66. The number of carbonyl (C=O) groups is 1. The molecule has 5 nitrogen and oxygen atoms in total. The molecule has 0 saturated carbocycles. The van der Waals surface area contributed by atoms with Crippen molar-refractivity contribution in [2.24, 2.45) is 5.92 Å². The van der Waals surface area contributed by atoms with E-state index >= 15 is 0 Å². The monoisotopic (exact) mass is 331 g/mol. The Labute approximate surface area is 139 Å². The Bertz CT molecular complexity index is 783. The molecule has 1 aliphatic carbocycles. The zero-order valence-corrected chi connectivity index (χ0v) is 13.6. The fraction of sp³-hybridized carbons (Fsp3) is 0.353. The normalized spacial score (nSPS) is 16.7. The maximum absolute atomic E-state index is 12.1. The smallest absolute Gasteiger partial charge is 0.267 e. The lowest BCUT2D eigenvalue weighted by molar-refractivity contribution is -0.117. The number of rotatable bonds is 3. The molecule has 0 radical (unpaired) electrons. The molecule has 1 heterocycles. The summed E-state index contributed by atoms with van der Waals surface area (Å²) in [5.74, 6) is 0.291. The van der Waals surface area contributed by atoms with E-state index in [0.29, 0.717) is 16.6 Å². The highest BCUT2D eigenvalue weighted by Crippen LogP contribution is 2.22. The van der Waals surface area contributed by atoms with Crippen LogP contribution >= 0.6 is 11.6 Å². The number of aromatic nitrogens is 2. The molecule has 2 aromatic rings. The first-order valence-electron chi connectivity index (χ1n) is 7.66. The predicted molar refractivity (Wildman–Crippen MR) is 89.8 cm³/mol. The van der Waals surface area contributed by atoms with Crippen molar-refractivity contribution in [1.29, 1.82) is 0 Å². The quantitative estimate of drug-likeness (QED) is 0.940. The molecule has 1 amide bonds. The molecule has 0 fully saturated rings. The van der Waals surface area contributed by atoms with Crippen molar-refractivity contribution in [3.63, 3.8) is 0 Å². The summed E-state index contributed by atoms with van der Waals surface area (Å²) in [6.07, 6.45) is 2.81. The third-order valence-electron chi connectivity index (χ3n) is 4.03. The van der Waals surface area contributed by atoms with Gasteiger partial charge in [0.2, 0.25) is 5.91 Å². The summed E-state index contributed by atoms with van der Waals surface area (Å²) in [5.41, 5.74) is 2.36. The van der Waals surface area contributed by atoms with E-state index in [0.717, 1.165) is 30.5 Å². The van der Waals surface area contributed by atoms with Gasteiger partial charge in [-0.1, -0.05) is 18.5 Å². The summed E-state index contributed by atoms with van der Waals surface area (Å²) in [5, 5.41) is 7.70. The summed E-state index contributed by atoms with van der Waals surface area (Å²) in [7, 11) is 0. The molecule has 1 atom stereocenters. The van der Waals surface area contributed by atoms with Crippen molar-refractivity contribution >= 4 is 23.2 Å². The number of carbonyl (C=O) groups excluding carboxylic acids is 1. The Morgan fingerprint density at radius 1 is 1.39 bits per heavy atom. The fourth-order valence-electron chi connectivity index (χ4n) is 2.80. The standard InChI is InChI=1S/C17H18ClN3O2/c1-11-2-7-15-12(8-11)9-17(23)21(20-15)10-16(22)19-14-5-3-13(18)4-6-14/h3-6,9,11H,2,7-8,10H2,1H3,(H,19,22). The van der Waals surface area contributed by atoms with Gasteiger partial charge >= 0.3 is 0 Å². The molecule has 0 saturated heterocycles. The molecule has 1 aliphatic rings. The highest BCUT2D eigenvalue weighted by Gasteiger charge is 2.18. The first kappa shape index (κ1) is 15.7. The van der Waals surface area contributed by atoms with E-state index < -0.39 is 0 Å². The topological polar surface area (TPSA) is 64.0 Å². The molecule has 3 rings (SSSR count). The van der Waals surface area contributed by atoms with Crippen molar-refractivity contribution < 1.29 is 4.79 Å². The fourth-order valence-corrected chi connectivity index (χ4v) is 2.92. The van der Waals surface area contributed by atoms with Crippen LogP contribution in [0, 0.1) is 5.92 Å². The van der Waals surface area contributed by atoms with Gasteiger partial charge in [-0.15, -0.1) is 0 Å². The van der Waals surface area contributed by atoms with Gasteiger partial charge in [0.25, 0.3) is 5.56 Å². The second kappa shape index (κ2) is 6.54. The van der Waals surface area contributed by atoms with Crippen LogP contribution in [0.15, 0.2) is 35.1 Å². The number of nitrogens with one attached hydrogen (secondary N) is 1. The summed E-state index contributed by atoms with van der Waals surface area (Å²) >= 11 is 5.81. The lowest BCUT2D eigenvalue weighted by Gasteiger charge is -2.20. The van der Waals surface area contributed by atoms with Gasteiger partial charge in [-0.25, -0.2) is 4.68 Å². The van der Waals surface area contributed by atoms with E-state index in [9.17, 15) is 9.59 Å². The molecular formula is C17H18ClN3O2. The van der Waals surface area contributed by atoms with Gasteiger partial charge in [0.05, 0.1) is 5.69 Å². The maximum atomic E-state index is 12.1. The SMILES string of the molecule is CC1CCc2nn(CC(=O)Nc3ccc(Cl)cc3)c(=O)cc2C1. The second-order valence-corrected chi connectivity index (χ2v) is 6.45. The number of amides is 1. The van der Waals surface area contributed by atoms with Crippen molar-refractivity contribution in [2.45, 2.75) is 32.7 Å². The molecule has 0 bridgehead atoms. The molecule has 120 valence electrons. The Kier molecular flexibility index (Phi) is 4.48. The number of aryl methyl sites for hydroxylation is 1. The van der Waals surface area contributed by atoms with Crippen LogP contribution in [0.2, 0.25) is 5.02 Å². The molecule has 0 aliphatic heterocycles. The highest BCUT2D eigenvalue weighted by molar-refractivity contribution is 6.30. The summed E-state index contributed by atoms with van der Waals surface area (Å²) < 4.78 is 1.24. The Morgan fingerprint density at radius 3 is 2.87 bits per heavy atom. The number of hydrogen-bond acceptors (Lipinski definition) is 3. The number of benzene rings is 1. The zero-order chi connectivity index (χ0) is 16.4. The minimum Gasteiger partial charge on any atom is -0.324 e. The average molecular weight is 332 g/mol. The van der Waals surface area contributed by atoms with Crippen LogP contribution < -0.4 is 10.9 Å². The molecule has 1 N–H and O–H groups in total. The zero-order valence-electron chi connectivity index (χ0n) is 12.9. The summed E-state index contributed by atoms with van der Waals surface area (Å²) in [4.78, 5) is 24.2. The largest absolute Gasteiger partial charge is 0.324 e. The second-order valence-electron chi connectivity index (χ2n) is 6.02. The first-order valence-corrected chi connectivity index (χ1v) is 8.04. The van der Waals surface area contributed by atoms with Crippen molar-refractivity contribution in [1.82, 2.24) is 9.78 Å². The summed E-state index contributed by atoms with van der Waals surface area (Å²) in [6, 6.07) is 8.44. The number of anilines is 1. The van der Waals surface area contributed by atoms with Gasteiger partial charge in [-0.3, -0.25) is 9.59 Å². The van der Waals surface area contributed by atoms with E-state index in [1.165, 1.54) is 4.68 Å². The van der Waals surface area contributed by atoms with Crippen LogP contribution in [0.25, 0.3) is 0 Å². The molecule has 1 unspecified atom stereocenters. The third kappa shape index (κ3) is 3.79. The summed E-state index contributed by atoms with van der Waals surface area (Å²) in [6.45, 7) is 2.08. The van der Waals surface area contributed by atoms with Gasteiger partial charge in [0.1, 0.15) is 6.54 Å². The number of nitrogens with zero attached hydrogens (tertiary/aromatic N) is 2. The van der Waals surface area contributed by atoms with Gasteiger partial charge in [-0.05, 0) is 55.0 Å². The van der Waals surface area contributed by atoms with E-state index in [4.69, 9.17) is 11.6 Å². The lowest BCUT2D eigenvalue weighted by atomic mass is 9.88. The highest BCUT2D eigenvalue weighted by atomic mass is 35.5. The number of hydrogen-bond donors (Lipinski definition) is 1. The van der Waals surface area contributed by atoms with E-state index in [1.54, 1.807) is 30.3 Å². The van der Waals surface area contributed by atoms with E-state index in [-0.39, 0.29) is 18.0 Å². The third-order valence-corrected chi connectivity index (χ3v) is 4.28. The lowest BCUT2D eigenvalue weighted by Crippen LogP contribution is -2.32. The number of fused-ring (bicyclic) bond motifs is 1. The average Bonchev–Trinajstić information content (AvgIpc) is 2.50. The van der Waals surface area contributed by atoms with Crippen LogP contribution in [-0.4, -0.2) is 15.7 Å². The molecule has 1 aromatic heterocycles. The van der Waals surface area contributed by atoms with Crippen LogP contribution in [0.1, 0.15) is 24.6 Å².